The molecule has 0 aliphatic heterocycles. The standard InChI is InChI=1S/C14H10N4/c15-8-12-13-7-6-11(16)9-18(13)14(17-12)10-4-2-1-3-5-10/h1-7,9H,16H2. The van der Waals surface area contributed by atoms with Crippen LogP contribution in [0, 0.1) is 11.3 Å². The van der Waals surface area contributed by atoms with Crippen molar-refractivity contribution >= 4 is 11.2 Å². The molecule has 2 aromatic heterocycles. The molecule has 4 nitrogen and oxygen atoms in total. The van der Waals surface area contributed by atoms with Crippen LogP contribution >= 0.6 is 0 Å². The molecule has 2 N–H and O–H groups in total. The van der Waals surface area contributed by atoms with E-state index in [0.717, 1.165) is 16.9 Å². The number of pyridine rings is 1. The maximum Gasteiger partial charge on any atom is 0.166 e. The van der Waals surface area contributed by atoms with E-state index >= 15 is 0 Å². The first-order chi connectivity index (χ1) is 8.79. The molecule has 0 bridgehead atoms. The lowest BCUT2D eigenvalue weighted by Crippen LogP contribution is -1.92. The number of aromatic nitrogens is 2. The monoisotopic (exact) mass is 234 g/mol. The SMILES string of the molecule is N#Cc1nc(-c2ccccc2)n2cc(N)ccc12. The fourth-order valence-corrected chi connectivity index (χ4v) is 1.98. The van der Waals surface area contributed by atoms with Crippen molar-refractivity contribution in [2.45, 2.75) is 0 Å². The number of hydrogen-bond acceptors (Lipinski definition) is 3. The topological polar surface area (TPSA) is 67.1 Å². The molecule has 86 valence electrons. The lowest BCUT2D eigenvalue weighted by atomic mass is 10.2. The smallest absolute Gasteiger partial charge is 0.166 e. The summed E-state index contributed by atoms with van der Waals surface area (Å²) in [5.41, 5.74) is 8.57. The number of nitrogens with zero attached hydrogens (tertiary/aromatic N) is 3. The summed E-state index contributed by atoms with van der Waals surface area (Å²) in [6, 6.07) is 15.4. The van der Waals surface area contributed by atoms with Gasteiger partial charge in [0.15, 0.2) is 5.69 Å². The molecule has 0 amide bonds. The number of fused-ring (bicyclic) bond motifs is 1. The predicted octanol–water partition coefficient (Wildman–Crippen LogP) is 2.46. The van der Waals surface area contributed by atoms with E-state index in [1.807, 2.05) is 40.8 Å². The van der Waals surface area contributed by atoms with Gasteiger partial charge in [0.25, 0.3) is 0 Å². The summed E-state index contributed by atoms with van der Waals surface area (Å²) in [6.07, 6.45) is 1.78. The molecule has 3 rings (SSSR count). The Kier molecular flexibility index (Phi) is 2.24. The van der Waals surface area contributed by atoms with Gasteiger partial charge in [-0.05, 0) is 12.1 Å². The van der Waals surface area contributed by atoms with Crippen LogP contribution in [0.4, 0.5) is 5.69 Å². The van der Waals surface area contributed by atoms with Crippen molar-refractivity contribution in [1.29, 1.82) is 5.26 Å². The minimum absolute atomic E-state index is 0.411. The van der Waals surface area contributed by atoms with Gasteiger partial charge in [-0.1, -0.05) is 30.3 Å². The Labute approximate surface area is 104 Å². The number of nitrogens with two attached hydrogens (primary N) is 1. The van der Waals surface area contributed by atoms with Gasteiger partial charge in [0.2, 0.25) is 0 Å². The van der Waals surface area contributed by atoms with Crippen molar-refractivity contribution in [3.05, 3.63) is 54.4 Å². The van der Waals surface area contributed by atoms with Crippen LogP contribution in [-0.2, 0) is 0 Å². The van der Waals surface area contributed by atoms with Crippen LogP contribution in [-0.4, -0.2) is 9.38 Å². The van der Waals surface area contributed by atoms with Crippen LogP contribution in [0.2, 0.25) is 0 Å². The molecular formula is C14H10N4. The third kappa shape index (κ3) is 1.50. The zero-order valence-corrected chi connectivity index (χ0v) is 9.54. The lowest BCUT2D eigenvalue weighted by molar-refractivity contribution is 1.16. The molecule has 0 unspecified atom stereocenters. The number of nitriles is 1. The molecule has 0 aliphatic rings. The molecule has 4 heteroatoms. The maximum absolute atomic E-state index is 9.11. The average molecular weight is 234 g/mol. The minimum atomic E-state index is 0.411. The van der Waals surface area contributed by atoms with Crippen LogP contribution in [0.1, 0.15) is 5.69 Å². The summed E-state index contributed by atoms with van der Waals surface area (Å²) in [6.45, 7) is 0. The molecule has 0 saturated carbocycles. The molecule has 1 aromatic carbocycles. The highest BCUT2D eigenvalue weighted by atomic mass is 15.0. The highest BCUT2D eigenvalue weighted by molar-refractivity contribution is 5.69. The highest BCUT2D eigenvalue weighted by Crippen LogP contribution is 2.23. The molecule has 0 atom stereocenters. The summed E-state index contributed by atoms with van der Waals surface area (Å²) in [7, 11) is 0. The first-order valence-corrected chi connectivity index (χ1v) is 5.52. The van der Waals surface area contributed by atoms with Crippen molar-refractivity contribution in [1.82, 2.24) is 9.38 Å². The van der Waals surface area contributed by atoms with Crippen molar-refractivity contribution in [2.24, 2.45) is 0 Å². The van der Waals surface area contributed by atoms with E-state index in [4.69, 9.17) is 11.0 Å². The van der Waals surface area contributed by atoms with Crippen molar-refractivity contribution < 1.29 is 0 Å². The van der Waals surface area contributed by atoms with E-state index in [-0.39, 0.29) is 0 Å². The van der Waals surface area contributed by atoms with E-state index in [0.29, 0.717) is 11.4 Å². The molecule has 0 fully saturated rings. The van der Waals surface area contributed by atoms with E-state index in [1.54, 1.807) is 12.3 Å². The van der Waals surface area contributed by atoms with Gasteiger partial charge in [-0.2, -0.15) is 5.26 Å². The summed E-state index contributed by atoms with van der Waals surface area (Å²) in [4.78, 5) is 4.37. The van der Waals surface area contributed by atoms with Crippen LogP contribution in [0.25, 0.3) is 16.9 Å². The van der Waals surface area contributed by atoms with Gasteiger partial charge in [-0.25, -0.2) is 4.98 Å². The quantitative estimate of drug-likeness (QED) is 0.703. The maximum atomic E-state index is 9.11. The number of nitrogen functional groups attached to an aromatic ring is 1. The Morgan fingerprint density at radius 2 is 1.89 bits per heavy atom. The van der Waals surface area contributed by atoms with Gasteiger partial charge in [0, 0.05) is 17.4 Å². The van der Waals surface area contributed by atoms with Gasteiger partial charge in [-0.3, -0.25) is 4.40 Å². The lowest BCUT2D eigenvalue weighted by Gasteiger charge is -2.01. The number of anilines is 1. The third-order valence-electron chi connectivity index (χ3n) is 2.80. The number of rotatable bonds is 1. The second-order valence-corrected chi connectivity index (χ2v) is 3.98. The Bertz CT molecular complexity index is 751. The van der Waals surface area contributed by atoms with Gasteiger partial charge in [-0.15, -0.1) is 0 Å². The fourth-order valence-electron chi connectivity index (χ4n) is 1.98. The zero-order chi connectivity index (χ0) is 12.5. The molecular weight excluding hydrogens is 224 g/mol. The van der Waals surface area contributed by atoms with Gasteiger partial charge >= 0.3 is 0 Å². The first kappa shape index (κ1) is 10.4. The van der Waals surface area contributed by atoms with E-state index in [1.165, 1.54) is 0 Å². The van der Waals surface area contributed by atoms with Gasteiger partial charge in [0.05, 0.1) is 5.52 Å². The Balaban J connectivity index is 2.37. The van der Waals surface area contributed by atoms with Crippen LogP contribution in [0.15, 0.2) is 48.7 Å². The first-order valence-electron chi connectivity index (χ1n) is 5.52. The van der Waals surface area contributed by atoms with Gasteiger partial charge in [0.1, 0.15) is 11.9 Å². The molecule has 0 aliphatic carbocycles. The number of benzene rings is 1. The second-order valence-electron chi connectivity index (χ2n) is 3.98. The summed E-state index contributed by atoms with van der Waals surface area (Å²) in [5.74, 6) is 0.731. The van der Waals surface area contributed by atoms with E-state index in [2.05, 4.69) is 11.1 Å². The molecule has 0 radical (unpaired) electrons. The summed E-state index contributed by atoms with van der Waals surface area (Å²) >= 11 is 0. The Morgan fingerprint density at radius 1 is 1.11 bits per heavy atom. The zero-order valence-electron chi connectivity index (χ0n) is 9.54. The number of hydrogen-bond donors (Lipinski definition) is 1. The van der Waals surface area contributed by atoms with E-state index in [9.17, 15) is 0 Å². The molecule has 0 saturated heterocycles. The number of imidazole rings is 1. The average Bonchev–Trinajstić information content (AvgIpc) is 2.77. The molecule has 0 spiro atoms. The Hall–Kier alpha value is -2.80. The van der Waals surface area contributed by atoms with E-state index < -0.39 is 0 Å². The van der Waals surface area contributed by atoms with Crippen LogP contribution in [0.5, 0.6) is 0 Å². The summed E-state index contributed by atoms with van der Waals surface area (Å²) in [5, 5.41) is 9.11. The molecule has 18 heavy (non-hydrogen) atoms. The molecule has 3 aromatic rings. The fraction of sp³-hybridized carbons (Fsp3) is 0. The summed E-state index contributed by atoms with van der Waals surface area (Å²) < 4.78 is 1.85. The largest absolute Gasteiger partial charge is 0.398 e. The third-order valence-corrected chi connectivity index (χ3v) is 2.80. The second kappa shape index (κ2) is 3.90. The van der Waals surface area contributed by atoms with Crippen LogP contribution in [0.3, 0.4) is 0 Å². The van der Waals surface area contributed by atoms with Crippen molar-refractivity contribution in [3.63, 3.8) is 0 Å². The molecule has 2 heterocycles. The van der Waals surface area contributed by atoms with Crippen molar-refractivity contribution in [3.8, 4) is 17.5 Å². The van der Waals surface area contributed by atoms with Crippen LogP contribution < -0.4 is 5.73 Å². The van der Waals surface area contributed by atoms with Crippen molar-refractivity contribution in [2.75, 3.05) is 5.73 Å². The minimum Gasteiger partial charge on any atom is -0.398 e. The normalized spacial score (nSPS) is 10.4. The Morgan fingerprint density at radius 3 is 2.61 bits per heavy atom. The predicted molar refractivity (Wildman–Crippen MR) is 69.8 cm³/mol. The van der Waals surface area contributed by atoms with Gasteiger partial charge < -0.3 is 5.73 Å². The highest BCUT2D eigenvalue weighted by Gasteiger charge is 2.11.